The van der Waals surface area contributed by atoms with E-state index in [1.54, 1.807) is 4.90 Å². The first-order valence-electron chi connectivity index (χ1n) is 12.2. The molecule has 1 amide bonds. The van der Waals surface area contributed by atoms with Crippen LogP contribution in [0.1, 0.15) is 31.4 Å². The molecule has 10 heteroatoms. The molecule has 2 fully saturated rings. The van der Waals surface area contributed by atoms with E-state index in [1.807, 2.05) is 30.4 Å². The molecular formula is C25H31F3N4O3. The molecular weight excluding hydrogens is 461 g/mol. The number of rotatable bonds is 3. The van der Waals surface area contributed by atoms with E-state index in [0.29, 0.717) is 39.2 Å². The van der Waals surface area contributed by atoms with Crippen molar-refractivity contribution in [3.63, 3.8) is 0 Å². The van der Waals surface area contributed by atoms with Crippen molar-refractivity contribution in [3.05, 3.63) is 47.3 Å². The van der Waals surface area contributed by atoms with Gasteiger partial charge < -0.3 is 25.0 Å². The van der Waals surface area contributed by atoms with Crippen molar-refractivity contribution in [1.82, 2.24) is 10.2 Å². The molecule has 2 N–H and O–H groups in total. The van der Waals surface area contributed by atoms with Crippen LogP contribution in [0.25, 0.3) is 0 Å². The van der Waals surface area contributed by atoms with Gasteiger partial charge in [-0.15, -0.1) is 0 Å². The summed E-state index contributed by atoms with van der Waals surface area (Å²) in [6.07, 6.45) is 0.456. The second kappa shape index (κ2) is 9.83. The van der Waals surface area contributed by atoms with Crippen molar-refractivity contribution in [2.75, 3.05) is 56.2 Å². The van der Waals surface area contributed by atoms with Crippen molar-refractivity contribution in [1.29, 1.82) is 0 Å². The van der Waals surface area contributed by atoms with Crippen LogP contribution in [0.2, 0.25) is 0 Å². The minimum absolute atomic E-state index is 0.0570. The third kappa shape index (κ3) is 5.49. The SMILES string of the molecule is CC1C=CC2=C(Nc3ccc(C4COCCO4)cc3N(C(=O)C3CCN(CC(F)(F)F)CC3)C2)N1. The highest BCUT2D eigenvalue weighted by Crippen LogP contribution is 2.37. The predicted octanol–water partition coefficient (Wildman–Crippen LogP) is 3.57. The van der Waals surface area contributed by atoms with Crippen LogP contribution in [-0.2, 0) is 14.3 Å². The number of piperidine rings is 1. The van der Waals surface area contributed by atoms with Gasteiger partial charge in [0.15, 0.2) is 0 Å². The maximum atomic E-state index is 13.8. The smallest absolute Gasteiger partial charge is 0.376 e. The van der Waals surface area contributed by atoms with Gasteiger partial charge in [0.05, 0.1) is 44.3 Å². The topological polar surface area (TPSA) is 66.1 Å². The van der Waals surface area contributed by atoms with Crippen molar-refractivity contribution in [2.24, 2.45) is 5.92 Å². The highest BCUT2D eigenvalue weighted by Gasteiger charge is 2.36. The third-order valence-corrected chi connectivity index (χ3v) is 6.97. The maximum Gasteiger partial charge on any atom is 0.401 e. The number of carbonyl (C=O) groups is 1. The summed E-state index contributed by atoms with van der Waals surface area (Å²) in [4.78, 5) is 17.0. The Balaban J connectivity index is 1.41. The second-order valence-electron chi connectivity index (χ2n) is 9.62. The summed E-state index contributed by atoms with van der Waals surface area (Å²) in [7, 11) is 0. The number of dihydropyridines is 1. The normalized spacial score (nSPS) is 25.9. The summed E-state index contributed by atoms with van der Waals surface area (Å²) < 4.78 is 49.9. The lowest BCUT2D eigenvalue weighted by atomic mass is 9.94. The van der Waals surface area contributed by atoms with E-state index >= 15 is 0 Å². The first kappa shape index (κ1) is 24.1. The monoisotopic (exact) mass is 492 g/mol. The van der Waals surface area contributed by atoms with Crippen LogP contribution in [0.3, 0.4) is 0 Å². The summed E-state index contributed by atoms with van der Waals surface area (Å²) in [6.45, 7) is 3.54. The Kier molecular flexibility index (Phi) is 6.78. The zero-order valence-electron chi connectivity index (χ0n) is 19.7. The minimum Gasteiger partial charge on any atom is -0.376 e. The summed E-state index contributed by atoms with van der Waals surface area (Å²) in [6, 6.07) is 6.06. The average molecular weight is 493 g/mol. The fraction of sp³-hybridized carbons (Fsp3) is 0.560. The molecule has 0 aliphatic carbocycles. The lowest BCUT2D eigenvalue weighted by Gasteiger charge is -2.35. The van der Waals surface area contributed by atoms with Crippen LogP contribution in [0.15, 0.2) is 41.7 Å². The average Bonchev–Trinajstić information content (AvgIpc) is 2.99. The van der Waals surface area contributed by atoms with Crippen molar-refractivity contribution >= 4 is 17.3 Å². The number of carbonyl (C=O) groups excluding carboxylic acids is 1. The van der Waals surface area contributed by atoms with E-state index in [2.05, 4.69) is 17.6 Å². The molecule has 0 bridgehead atoms. The molecule has 1 aromatic rings. The fourth-order valence-electron chi connectivity index (χ4n) is 5.12. The number of fused-ring (bicyclic) bond motifs is 1. The first-order valence-corrected chi connectivity index (χ1v) is 12.2. The number of nitrogens with zero attached hydrogens (tertiary/aromatic N) is 2. The van der Waals surface area contributed by atoms with Gasteiger partial charge in [0.1, 0.15) is 11.9 Å². The molecule has 0 spiro atoms. The number of ether oxygens (including phenoxy) is 2. The third-order valence-electron chi connectivity index (χ3n) is 6.97. The molecule has 2 atom stereocenters. The van der Waals surface area contributed by atoms with Gasteiger partial charge in [0.25, 0.3) is 0 Å². The molecule has 4 aliphatic heterocycles. The van der Waals surface area contributed by atoms with E-state index in [1.165, 1.54) is 4.90 Å². The number of hydrogen-bond acceptors (Lipinski definition) is 6. The fourth-order valence-corrected chi connectivity index (χ4v) is 5.12. The van der Waals surface area contributed by atoms with Crippen LogP contribution in [0.5, 0.6) is 0 Å². The van der Waals surface area contributed by atoms with Crippen molar-refractivity contribution < 1.29 is 27.4 Å². The number of nitrogens with one attached hydrogen (secondary N) is 2. The molecule has 1 aromatic carbocycles. The van der Waals surface area contributed by atoms with Crippen LogP contribution < -0.4 is 15.5 Å². The molecule has 2 saturated heterocycles. The largest absolute Gasteiger partial charge is 0.401 e. The van der Waals surface area contributed by atoms with Gasteiger partial charge in [0.2, 0.25) is 5.91 Å². The Morgan fingerprint density at radius 3 is 2.71 bits per heavy atom. The number of likely N-dealkylation sites (tertiary alicyclic amines) is 1. The van der Waals surface area contributed by atoms with E-state index < -0.39 is 12.7 Å². The molecule has 35 heavy (non-hydrogen) atoms. The van der Waals surface area contributed by atoms with Crippen LogP contribution >= 0.6 is 0 Å². The Hall–Kier alpha value is -2.56. The number of benzene rings is 1. The molecule has 5 rings (SSSR count). The summed E-state index contributed by atoms with van der Waals surface area (Å²) >= 11 is 0. The number of halogens is 3. The Morgan fingerprint density at radius 2 is 2.00 bits per heavy atom. The highest BCUT2D eigenvalue weighted by atomic mass is 19.4. The Morgan fingerprint density at radius 1 is 1.20 bits per heavy atom. The number of alkyl halides is 3. The highest BCUT2D eigenvalue weighted by molar-refractivity contribution is 5.99. The van der Waals surface area contributed by atoms with E-state index in [-0.39, 0.29) is 37.1 Å². The van der Waals surface area contributed by atoms with Crippen LogP contribution in [0.4, 0.5) is 24.5 Å². The lowest BCUT2D eigenvalue weighted by Crippen LogP contribution is -2.45. The molecule has 0 saturated carbocycles. The van der Waals surface area contributed by atoms with E-state index in [4.69, 9.17) is 9.47 Å². The summed E-state index contributed by atoms with van der Waals surface area (Å²) in [5.74, 6) is 0.479. The van der Waals surface area contributed by atoms with Gasteiger partial charge in [-0.3, -0.25) is 9.69 Å². The van der Waals surface area contributed by atoms with Gasteiger partial charge in [-0.25, -0.2) is 0 Å². The molecule has 190 valence electrons. The summed E-state index contributed by atoms with van der Waals surface area (Å²) in [5, 5.41) is 6.89. The molecule has 7 nitrogen and oxygen atoms in total. The standard InChI is InChI=1S/C25H31F3N4O3/c1-16-2-3-19-13-32(24(33)17-6-8-31(9-7-17)15-25(26,27)28)21-12-18(22-14-34-10-11-35-22)4-5-20(21)30-23(19)29-16/h2-5,12,16-17,22,29-30H,6-11,13-15H2,1H3. The number of anilines is 2. The van der Waals surface area contributed by atoms with Gasteiger partial charge in [-0.2, -0.15) is 13.2 Å². The number of amides is 1. The summed E-state index contributed by atoms with van der Waals surface area (Å²) in [5.41, 5.74) is 3.44. The Labute approximate surface area is 202 Å². The van der Waals surface area contributed by atoms with Crippen LogP contribution in [-0.4, -0.2) is 69.0 Å². The van der Waals surface area contributed by atoms with Crippen LogP contribution in [0, 0.1) is 5.92 Å². The molecule has 4 aliphatic rings. The Bertz CT molecular complexity index is 1010. The zero-order valence-corrected chi connectivity index (χ0v) is 19.7. The number of hydrogen-bond donors (Lipinski definition) is 2. The minimum atomic E-state index is -4.23. The van der Waals surface area contributed by atoms with Gasteiger partial charge in [-0.05, 0) is 50.6 Å². The second-order valence-corrected chi connectivity index (χ2v) is 9.62. The van der Waals surface area contributed by atoms with Gasteiger partial charge in [-0.1, -0.05) is 18.2 Å². The zero-order chi connectivity index (χ0) is 24.6. The van der Waals surface area contributed by atoms with Gasteiger partial charge >= 0.3 is 6.18 Å². The molecule has 0 aromatic heterocycles. The predicted molar refractivity (Wildman–Crippen MR) is 126 cm³/mol. The quantitative estimate of drug-likeness (QED) is 0.673. The van der Waals surface area contributed by atoms with E-state index in [0.717, 1.165) is 28.3 Å². The van der Waals surface area contributed by atoms with E-state index in [9.17, 15) is 18.0 Å². The van der Waals surface area contributed by atoms with Crippen molar-refractivity contribution in [2.45, 2.75) is 38.1 Å². The van der Waals surface area contributed by atoms with Gasteiger partial charge in [0, 0.05) is 17.5 Å². The first-order chi connectivity index (χ1) is 16.8. The molecule has 2 unspecified atom stereocenters. The maximum absolute atomic E-state index is 13.8. The van der Waals surface area contributed by atoms with Crippen molar-refractivity contribution in [3.8, 4) is 0 Å². The lowest BCUT2D eigenvalue weighted by molar-refractivity contribution is -0.149. The molecule has 4 heterocycles. The molecule has 0 radical (unpaired) electrons.